The Kier molecular flexibility index (Phi) is 6.68. The first kappa shape index (κ1) is 23.9. The van der Waals surface area contributed by atoms with Crippen LogP contribution >= 0.6 is 11.6 Å². The van der Waals surface area contributed by atoms with E-state index < -0.39 is 22.9 Å². The van der Waals surface area contributed by atoms with E-state index in [1.807, 2.05) is 37.3 Å². The Bertz CT molecular complexity index is 1380. The van der Waals surface area contributed by atoms with Crippen LogP contribution in [0.5, 0.6) is 5.75 Å². The molecular weight excluding hydrogens is 467 g/mol. The maximum atomic E-state index is 14.1. The van der Waals surface area contributed by atoms with Crippen molar-refractivity contribution in [1.82, 2.24) is 0 Å². The van der Waals surface area contributed by atoms with Gasteiger partial charge in [-0.3, -0.25) is 4.79 Å². The molecule has 2 N–H and O–H groups in total. The fourth-order valence-electron chi connectivity index (χ4n) is 4.03. The van der Waals surface area contributed by atoms with Crippen LogP contribution in [0.4, 0.5) is 13.2 Å². The standard InChI is InChI=1S/C26H21ClF3NO3/c1-2-31(14-16-8-4-3-5-9-16)15-19-21(32)13-12-18-23(33)22(17-10-6-7-11-20(17)27)25(26(28,29)30)34-24(18)19/h3-13,32H,2,14-15H2,1H3/p+1. The van der Waals surface area contributed by atoms with E-state index in [1.165, 1.54) is 30.3 Å². The Hall–Kier alpha value is -3.29. The summed E-state index contributed by atoms with van der Waals surface area (Å²) in [5.74, 6) is -1.67. The summed E-state index contributed by atoms with van der Waals surface area (Å²) in [6.07, 6.45) is -4.95. The van der Waals surface area contributed by atoms with Crippen LogP contribution in [0.15, 0.2) is 75.9 Å². The van der Waals surface area contributed by atoms with Crippen molar-refractivity contribution in [3.63, 3.8) is 0 Å². The Morgan fingerprint density at radius 3 is 2.29 bits per heavy atom. The molecular formula is C26H22ClF3NO3+. The lowest BCUT2D eigenvalue weighted by Gasteiger charge is -2.20. The van der Waals surface area contributed by atoms with Crippen LogP contribution in [0.3, 0.4) is 0 Å². The second kappa shape index (κ2) is 9.52. The summed E-state index contributed by atoms with van der Waals surface area (Å²) in [7, 11) is 0. The summed E-state index contributed by atoms with van der Waals surface area (Å²) in [5, 5.41) is 10.5. The molecule has 1 aromatic heterocycles. The van der Waals surface area contributed by atoms with Crippen LogP contribution in [0.25, 0.3) is 22.1 Å². The molecule has 8 heteroatoms. The maximum Gasteiger partial charge on any atom is 0.450 e. The Labute approximate surface area is 198 Å². The largest absolute Gasteiger partial charge is 0.507 e. The van der Waals surface area contributed by atoms with E-state index >= 15 is 0 Å². The number of quaternary nitrogens is 1. The molecule has 0 spiro atoms. The van der Waals surface area contributed by atoms with Gasteiger partial charge in [0.1, 0.15) is 18.8 Å². The van der Waals surface area contributed by atoms with Gasteiger partial charge in [0, 0.05) is 16.1 Å². The summed E-state index contributed by atoms with van der Waals surface area (Å²) in [6, 6.07) is 18.0. The van der Waals surface area contributed by atoms with Gasteiger partial charge < -0.3 is 14.4 Å². The van der Waals surface area contributed by atoms with Crippen LogP contribution in [0.1, 0.15) is 23.8 Å². The number of hydrogen-bond acceptors (Lipinski definition) is 3. The van der Waals surface area contributed by atoms with E-state index in [0.29, 0.717) is 13.1 Å². The first-order valence-electron chi connectivity index (χ1n) is 10.7. The third kappa shape index (κ3) is 4.67. The smallest absolute Gasteiger partial charge is 0.450 e. The van der Waals surface area contributed by atoms with Gasteiger partial charge in [0.15, 0.2) is 5.58 Å². The van der Waals surface area contributed by atoms with Crippen LogP contribution in [0.2, 0.25) is 5.02 Å². The van der Waals surface area contributed by atoms with Gasteiger partial charge in [-0.05, 0) is 25.1 Å². The Morgan fingerprint density at radius 2 is 1.65 bits per heavy atom. The number of alkyl halides is 3. The van der Waals surface area contributed by atoms with Crippen LogP contribution in [-0.4, -0.2) is 11.7 Å². The molecule has 1 heterocycles. The molecule has 0 aliphatic carbocycles. The molecule has 0 saturated carbocycles. The normalized spacial score (nSPS) is 12.7. The summed E-state index contributed by atoms with van der Waals surface area (Å²) >= 11 is 6.13. The minimum absolute atomic E-state index is 0.00288. The zero-order valence-corrected chi connectivity index (χ0v) is 19.0. The lowest BCUT2D eigenvalue weighted by atomic mass is 10.00. The highest BCUT2D eigenvalue weighted by atomic mass is 35.5. The van der Waals surface area contributed by atoms with E-state index in [2.05, 4.69) is 0 Å². The molecule has 0 aliphatic heterocycles. The molecule has 1 atom stereocenters. The molecule has 176 valence electrons. The minimum atomic E-state index is -4.95. The van der Waals surface area contributed by atoms with Gasteiger partial charge in [0.05, 0.1) is 23.1 Å². The van der Waals surface area contributed by atoms with Crippen LogP contribution in [-0.2, 0) is 19.3 Å². The summed E-state index contributed by atoms with van der Waals surface area (Å²) < 4.78 is 47.6. The molecule has 4 aromatic rings. The SMILES string of the molecule is CC[NH+](Cc1ccccc1)Cc1c(O)ccc2c(=O)c(-c3ccccc3Cl)c(C(F)(F)F)oc12. The molecule has 4 nitrogen and oxygen atoms in total. The molecule has 0 amide bonds. The molecule has 1 unspecified atom stereocenters. The highest BCUT2D eigenvalue weighted by Gasteiger charge is 2.40. The molecule has 0 radical (unpaired) electrons. The lowest BCUT2D eigenvalue weighted by molar-refractivity contribution is -0.925. The fourth-order valence-corrected chi connectivity index (χ4v) is 4.26. The number of aromatic hydroxyl groups is 1. The molecule has 4 rings (SSSR count). The van der Waals surface area contributed by atoms with Gasteiger partial charge in [0.25, 0.3) is 0 Å². The van der Waals surface area contributed by atoms with Gasteiger partial charge in [0.2, 0.25) is 11.2 Å². The number of fused-ring (bicyclic) bond motifs is 1. The molecule has 0 fully saturated rings. The number of nitrogens with one attached hydrogen (secondary N) is 1. The topological polar surface area (TPSA) is 54.9 Å². The minimum Gasteiger partial charge on any atom is -0.507 e. The predicted molar refractivity (Wildman–Crippen MR) is 125 cm³/mol. The van der Waals surface area contributed by atoms with Crippen molar-refractivity contribution in [2.45, 2.75) is 26.2 Å². The second-order valence-corrected chi connectivity index (χ2v) is 8.40. The van der Waals surface area contributed by atoms with Crippen molar-refractivity contribution in [1.29, 1.82) is 0 Å². The van der Waals surface area contributed by atoms with Crippen molar-refractivity contribution in [3.8, 4) is 16.9 Å². The number of halogens is 4. The lowest BCUT2D eigenvalue weighted by Crippen LogP contribution is -3.09. The number of phenolic OH excluding ortho intramolecular Hbond substituents is 1. The van der Waals surface area contributed by atoms with Crippen LogP contribution in [0, 0.1) is 0 Å². The van der Waals surface area contributed by atoms with Crippen molar-refractivity contribution in [2.75, 3.05) is 6.54 Å². The van der Waals surface area contributed by atoms with Gasteiger partial charge >= 0.3 is 6.18 Å². The zero-order valence-electron chi connectivity index (χ0n) is 18.2. The Balaban J connectivity index is 1.91. The molecule has 34 heavy (non-hydrogen) atoms. The third-order valence-corrected chi connectivity index (χ3v) is 6.09. The van der Waals surface area contributed by atoms with E-state index in [1.54, 1.807) is 6.07 Å². The third-order valence-electron chi connectivity index (χ3n) is 5.76. The van der Waals surface area contributed by atoms with E-state index in [9.17, 15) is 23.1 Å². The molecule has 3 aromatic carbocycles. The summed E-state index contributed by atoms with van der Waals surface area (Å²) in [4.78, 5) is 14.3. The monoisotopic (exact) mass is 488 g/mol. The molecule has 0 saturated heterocycles. The quantitative estimate of drug-likeness (QED) is 0.380. The number of phenols is 1. The van der Waals surface area contributed by atoms with Gasteiger partial charge in [-0.1, -0.05) is 60.1 Å². The highest BCUT2D eigenvalue weighted by Crippen LogP contribution is 2.40. The zero-order chi connectivity index (χ0) is 24.5. The Morgan fingerprint density at radius 1 is 0.971 bits per heavy atom. The number of rotatable bonds is 6. The molecule has 0 aliphatic rings. The predicted octanol–water partition coefficient (Wildman–Crippen LogP) is 5.44. The van der Waals surface area contributed by atoms with E-state index in [4.69, 9.17) is 16.0 Å². The fraction of sp³-hybridized carbons (Fsp3) is 0.192. The second-order valence-electron chi connectivity index (χ2n) is 8.00. The molecule has 0 bridgehead atoms. The number of hydrogen-bond donors (Lipinski definition) is 2. The van der Waals surface area contributed by atoms with Gasteiger partial charge in [-0.2, -0.15) is 13.2 Å². The van der Waals surface area contributed by atoms with Crippen molar-refractivity contribution >= 4 is 22.6 Å². The average Bonchev–Trinajstić information content (AvgIpc) is 2.81. The highest BCUT2D eigenvalue weighted by molar-refractivity contribution is 6.33. The van der Waals surface area contributed by atoms with E-state index in [0.717, 1.165) is 10.5 Å². The summed E-state index contributed by atoms with van der Waals surface area (Å²) in [5.41, 5.74) is -0.648. The first-order chi connectivity index (χ1) is 16.2. The van der Waals surface area contributed by atoms with Crippen molar-refractivity contribution < 1.29 is 27.6 Å². The summed E-state index contributed by atoms with van der Waals surface area (Å²) in [6.45, 7) is 3.33. The maximum absolute atomic E-state index is 14.1. The van der Waals surface area contributed by atoms with Gasteiger partial charge in [-0.15, -0.1) is 0 Å². The van der Waals surface area contributed by atoms with Crippen LogP contribution < -0.4 is 10.3 Å². The van der Waals surface area contributed by atoms with Crippen molar-refractivity contribution in [2.24, 2.45) is 0 Å². The first-order valence-corrected chi connectivity index (χ1v) is 11.1. The van der Waals surface area contributed by atoms with Crippen molar-refractivity contribution in [3.05, 3.63) is 98.9 Å². The van der Waals surface area contributed by atoms with E-state index in [-0.39, 0.29) is 39.4 Å². The number of benzene rings is 3. The average molecular weight is 489 g/mol. The van der Waals surface area contributed by atoms with Gasteiger partial charge in [-0.25, -0.2) is 0 Å².